The van der Waals surface area contributed by atoms with Gasteiger partial charge in [-0.25, -0.2) is 9.78 Å². The van der Waals surface area contributed by atoms with Gasteiger partial charge in [0, 0.05) is 52.7 Å². The number of aromatic nitrogens is 4. The van der Waals surface area contributed by atoms with Gasteiger partial charge in [-0.1, -0.05) is 13.8 Å². The van der Waals surface area contributed by atoms with Gasteiger partial charge in [-0.05, 0) is 31.6 Å². The van der Waals surface area contributed by atoms with Crippen molar-refractivity contribution in [1.29, 1.82) is 0 Å². The van der Waals surface area contributed by atoms with Gasteiger partial charge in [-0.2, -0.15) is 0 Å². The lowest BCUT2D eigenvalue weighted by molar-refractivity contribution is -0.132. The van der Waals surface area contributed by atoms with Crippen LogP contribution in [0.1, 0.15) is 45.4 Å². The lowest BCUT2D eigenvalue weighted by Gasteiger charge is -2.22. The summed E-state index contributed by atoms with van der Waals surface area (Å²) >= 11 is 0. The lowest BCUT2D eigenvalue weighted by Crippen LogP contribution is -2.37. The smallest absolute Gasteiger partial charge is 0.332 e. The van der Waals surface area contributed by atoms with E-state index in [2.05, 4.69) is 18.7 Å². The van der Waals surface area contributed by atoms with Gasteiger partial charge in [-0.3, -0.25) is 23.6 Å². The Bertz CT molecular complexity index is 1090. The van der Waals surface area contributed by atoms with E-state index in [0.29, 0.717) is 36.1 Å². The second-order valence-electron chi connectivity index (χ2n) is 9.47. The van der Waals surface area contributed by atoms with E-state index in [4.69, 9.17) is 4.98 Å². The molecule has 0 unspecified atom stereocenters. The van der Waals surface area contributed by atoms with Crippen molar-refractivity contribution in [3.8, 4) is 0 Å². The normalized spacial score (nSPS) is 18.2. The first-order valence-corrected chi connectivity index (χ1v) is 11.4. The molecule has 2 aromatic heterocycles. The molecule has 0 aromatic carbocycles. The SMILES string of the molecule is CC(C)CCn1c(CN2CCCN(C(=O)C3CC3)CC2)nc2c1c(=O)n(C)c(=O)n2C. The number of fused-ring (bicyclic) bond motifs is 1. The van der Waals surface area contributed by atoms with Crippen molar-refractivity contribution < 1.29 is 4.79 Å². The fourth-order valence-corrected chi connectivity index (χ4v) is 4.38. The number of nitrogens with zero attached hydrogens (tertiary/aromatic N) is 6. The number of carbonyl (C=O) groups is 1. The summed E-state index contributed by atoms with van der Waals surface area (Å²) in [4.78, 5) is 46.9. The fourth-order valence-electron chi connectivity index (χ4n) is 4.38. The Balaban J connectivity index is 1.63. The van der Waals surface area contributed by atoms with Crippen LogP contribution < -0.4 is 11.2 Å². The monoisotopic (exact) mass is 430 g/mol. The van der Waals surface area contributed by atoms with Crippen LogP contribution in [-0.4, -0.2) is 60.6 Å². The van der Waals surface area contributed by atoms with E-state index >= 15 is 0 Å². The quantitative estimate of drug-likeness (QED) is 0.681. The summed E-state index contributed by atoms with van der Waals surface area (Å²) < 4.78 is 4.63. The van der Waals surface area contributed by atoms with Gasteiger partial charge in [0.15, 0.2) is 11.2 Å². The van der Waals surface area contributed by atoms with Crippen LogP contribution >= 0.6 is 0 Å². The minimum Gasteiger partial charge on any atom is -0.341 e. The number of aryl methyl sites for hydroxylation is 2. The van der Waals surface area contributed by atoms with Crippen LogP contribution in [0.25, 0.3) is 11.2 Å². The van der Waals surface area contributed by atoms with E-state index in [-0.39, 0.29) is 17.2 Å². The van der Waals surface area contributed by atoms with Crippen molar-refractivity contribution >= 4 is 17.1 Å². The van der Waals surface area contributed by atoms with Crippen molar-refractivity contribution in [2.75, 3.05) is 26.2 Å². The van der Waals surface area contributed by atoms with Gasteiger partial charge < -0.3 is 9.47 Å². The van der Waals surface area contributed by atoms with Crippen molar-refractivity contribution in [2.24, 2.45) is 25.9 Å². The van der Waals surface area contributed by atoms with Crippen LogP contribution in [0, 0.1) is 11.8 Å². The fraction of sp³-hybridized carbons (Fsp3) is 0.727. The Hall–Kier alpha value is -2.42. The Morgan fingerprint density at radius 1 is 1.06 bits per heavy atom. The molecule has 2 aliphatic rings. The van der Waals surface area contributed by atoms with E-state index in [1.165, 1.54) is 11.6 Å². The van der Waals surface area contributed by atoms with Gasteiger partial charge in [0.25, 0.3) is 5.56 Å². The van der Waals surface area contributed by atoms with Gasteiger partial charge in [0.05, 0.1) is 6.54 Å². The van der Waals surface area contributed by atoms with Crippen molar-refractivity contribution in [2.45, 2.75) is 52.6 Å². The van der Waals surface area contributed by atoms with Gasteiger partial charge in [0.2, 0.25) is 5.91 Å². The summed E-state index contributed by atoms with van der Waals surface area (Å²) in [6, 6.07) is 0. The third-order valence-electron chi connectivity index (χ3n) is 6.55. The lowest BCUT2D eigenvalue weighted by atomic mass is 10.1. The molecule has 1 aliphatic carbocycles. The number of imidazole rings is 1. The Labute approximate surface area is 182 Å². The molecule has 1 saturated heterocycles. The van der Waals surface area contributed by atoms with Gasteiger partial charge >= 0.3 is 5.69 Å². The minimum atomic E-state index is -0.360. The van der Waals surface area contributed by atoms with E-state index in [9.17, 15) is 14.4 Å². The number of hydrogen-bond acceptors (Lipinski definition) is 5. The van der Waals surface area contributed by atoms with Gasteiger partial charge in [0.1, 0.15) is 5.82 Å². The molecule has 2 fully saturated rings. The predicted molar refractivity (Wildman–Crippen MR) is 119 cm³/mol. The van der Waals surface area contributed by atoms with Crippen LogP contribution in [0.2, 0.25) is 0 Å². The summed E-state index contributed by atoms with van der Waals surface area (Å²) in [7, 11) is 3.19. The standard InChI is InChI=1S/C22H34N6O3/c1-15(2)8-11-28-17(23-19-18(28)21(30)25(4)22(31)24(19)3)14-26-9-5-10-27(13-12-26)20(29)16-6-7-16/h15-16H,5-14H2,1-4H3. The van der Waals surface area contributed by atoms with E-state index < -0.39 is 0 Å². The average molecular weight is 431 g/mol. The Morgan fingerprint density at radius 2 is 1.81 bits per heavy atom. The molecular formula is C22H34N6O3. The molecule has 0 radical (unpaired) electrons. The largest absolute Gasteiger partial charge is 0.341 e. The highest BCUT2D eigenvalue weighted by Gasteiger charge is 2.34. The molecule has 0 N–H and O–H groups in total. The van der Waals surface area contributed by atoms with E-state index in [1.807, 2.05) is 9.47 Å². The topological polar surface area (TPSA) is 85.4 Å². The second-order valence-corrected chi connectivity index (χ2v) is 9.47. The highest BCUT2D eigenvalue weighted by atomic mass is 16.2. The van der Waals surface area contributed by atoms with E-state index in [0.717, 1.165) is 62.3 Å². The molecule has 0 atom stereocenters. The van der Waals surface area contributed by atoms with Crippen LogP contribution in [-0.2, 0) is 32.0 Å². The molecule has 170 valence electrons. The van der Waals surface area contributed by atoms with Gasteiger partial charge in [-0.15, -0.1) is 0 Å². The third kappa shape index (κ3) is 4.33. The summed E-state index contributed by atoms with van der Waals surface area (Å²) in [5.41, 5.74) is 0.298. The maximum absolute atomic E-state index is 12.9. The zero-order valence-corrected chi connectivity index (χ0v) is 19.1. The molecule has 3 heterocycles. The molecule has 4 rings (SSSR count). The zero-order chi connectivity index (χ0) is 22.3. The molecule has 0 spiro atoms. The predicted octanol–water partition coefficient (Wildman–Crippen LogP) is 0.924. The summed E-state index contributed by atoms with van der Waals surface area (Å²) in [5.74, 6) is 1.87. The Kier molecular flexibility index (Phi) is 6.05. The molecule has 2 aromatic rings. The molecule has 31 heavy (non-hydrogen) atoms. The van der Waals surface area contributed by atoms with E-state index in [1.54, 1.807) is 7.05 Å². The number of amides is 1. The van der Waals surface area contributed by atoms with Crippen LogP contribution in [0.4, 0.5) is 0 Å². The summed E-state index contributed by atoms with van der Waals surface area (Å²) in [6.07, 6.45) is 3.93. The first-order chi connectivity index (χ1) is 14.8. The molecule has 0 bridgehead atoms. The maximum atomic E-state index is 12.9. The van der Waals surface area contributed by atoms with Crippen molar-refractivity contribution in [1.82, 2.24) is 28.5 Å². The van der Waals surface area contributed by atoms with Crippen LogP contribution in [0.5, 0.6) is 0 Å². The van der Waals surface area contributed by atoms with Crippen molar-refractivity contribution in [3.63, 3.8) is 0 Å². The van der Waals surface area contributed by atoms with Crippen molar-refractivity contribution in [3.05, 3.63) is 26.7 Å². The molecule has 1 saturated carbocycles. The first kappa shape index (κ1) is 21.8. The molecule has 9 heteroatoms. The number of carbonyl (C=O) groups excluding carboxylic acids is 1. The summed E-state index contributed by atoms with van der Waals surface area (Å²) in [6.45, 7) is 8.85. The first-order valence-electron chi connectivity index (χ1n) is 11.4. The number of hydrogen-bond donors (Lipinski definition) is 0. The molecule has 9 nitrogen and oxygen atoms in total. The summed E-state index contributed by atoms with van der Waals surface area (Å²) in [5, 5.41) is 0. The number of rotatable bonds is 6. The molecular weight excluding hydrogens is 396 g/mol. The third-order valence-corrected chi connectivity index (χ3v) is 6.55. The average Bonchev–Trinajstić information content (AvgIpc) is 3.55. The molecule has 1 aliphatic heterocycles. The maximum Gasteiger partial charge on any atom is 0.332 e. The Morgan fingerprint density at radius 3 is 2.48 bits per heavy atom. The van der Waals surface area contributed by atoms with Crippen LogP contribution in [0.15, 0.2) is 9.59 Å². The van der Waals surface area contributed by atoms with Crippen LogP contribution in [0.3, 0.4) is 0 Å². The second kappa shape index (κ2) is 8.61. The molecule has 1 amide bonds. The highest BCUT2D eigenvalue weighted by Crippen LogP contribution is 2.31. The minimum absolute atomic E-state index is 0.254. The highest BCUT2D eigenvalue weighted by molar-refractivity contribution is 5.81. The zero-order valence-electron chi connectivity index (χ0n) is 19.1.